The van der Waals surface area contributed by atoms with Gasteiger partial charge >= 0.3 is 5.97 Å². The van der Waals surface area contributed by atoms with E-state index >= 15 is 0 Å². The van der Waals surface area contributed by atoms with Crippen molar-refractivity contribution in [3.63, 3.8) is 0 Å². The number of nitrogens with one attached hydrogen (secondary N) is 1. The van der Waals surface area contributed by atoms with Gasteiger partial charge in [0.25, 0.3) is 0 Å². The summed E-state index contributed by atoms with van der Waals surface area (Å²) < 4.78 is 7.00. The Morgan fingerprint density at radius 2 is 1.68 bits per heavy atom. The predicted molar refractivity (Wildman–Crippen MR) is 133 cm³/mol. The number of benzene rings is 4. The van der Waals surface area contributed by atoms with Crippen LogP contribution in [0.3, 0.4) is 0 Å². The normalized spacial score (nSPS) is 10.9. The smallest absolute Gasteiger partial charge is 0.335 e. The van der Waals surface area contributed by atoms with Crippen LogP contribution < -0.4 is 10.1 Å². The summed E-state index contributed by atoms with van der Waals surface area (Å²) in [6, 6.07) is 26.3. The highest BCUT2D eigenvalue weighted by Crippen LogP contribution is 2.30. The molecule has 0 unspecified atom stereocenters. The molecule has 0 radical (unpaired) electrons. The summed E-state index contributed by atoms with van der Waals surface area (Å²) in [5.41, 5.74) is 1.74. The summed E-state index contributed by atoms with van der Waals surface area (Å²) in [6.45, 7) is 0.259. The number of hydrogen-bond donors (Lipinski definition) is 2. The number of amides is 1. The minimum Gasteiger partial charge on any atom is -0.478 e. The molecule has 1 heterocycles. The van der Waals surface area contributed by atoms with E-state index in [1.807, 2.05) is 48.5 Å². The zero-order valence-electron chi connectivity index (χ0n) is 18.0. The number of hydrogen-bond acceptors (Lipinski definition) is 5. The van der Waals surface area contributed by atoms with Gasteiger partial charge in [0.2, 0.25) is 5.91 Å². The van der Waals surface area contributed by atoms with E-state index in [0.29, 0.717) is 10.8 Å². The summed E-state index contributed by atoms with van der Waals surface area (Å²) in [4.78, 5) is 28.1. The van der Waals surface area contributed by atoms with Crippen LogP contribution in [0.25, 0.3) is 21.0 Å². The monoisotopic (exact) mass is 468 g/mol. The van der Waals surface area contributed by atoms with Crippen LogP contribution in [-0.2, 0) is 17.8 Å². The number of ether oxygens (including phenoxy) is 1. The average Bonchev–Trinajstić information content (AvgIpc) is 3.24. The molecule has 1 aromatic heterocycles. The zero-order chi connectivity index (χ0) is 23.5. The van der Waals surface area contributed by atoms with E-state index < -0.39 is 5.97 Å². The van der Waals surface area contributed by atoms with Gasteiger partial charge in [-0.25, -0.2) is 9.78 Å². The van der Waals surface area contributed by atoms with Crippen molar-refractivity contribution in [2.24, 2.45) is 0 Å². The standard InChI is InChI=1S/C27H20N2O4S/c30-25(28-16-17-4-3-7-20(12-17)27(31)32)15-26-29-23-11-10-22(14-24(23)34-26)33-21-9-8-18-5-1-2-6-19(18)13-21/h1-14H,15-16H2,(H,28,30)(H,31,32). The van der Waals surface area contributed by atoms with Gasteiger partial charge in [-0.05, 0) is 52.7 Å². The highest BCUT2D eigenvalue weighted by atomic mass is 32.1. The van der Waals surface area contributed by atoms with Crippen molar-refractivity contribution in [2.75, 3.05) is 0 Å². The number of thiazole rings is 1. The third kappa shape index (κ3) is 4.89. The highest BCUT2D eigenvalue weighted by Gasteiger charge is 2.11. The maximum Gasteiger partial charge on any atom is 0.335 e. The minimum absolute atomic E-state index is 0.152. The van der Waals surface area contributed by atoms with Crippen LogP contribution in [-0.4, -0.2) is 22.0 Å². The summed E-state index contributed by atoms with van der Waals surface area (Å²) >= 11 is 1.45. The topological polar surface area (TPSA) is 88.5 Å². The minimum atomic E-state index is -0.994. The second-order valence-electron chi connectivity index (χ2n) is 7.81. The lowest BCUT2D eigenvalue weighted by Gasteiger charge is -2.06. The molecule has 34 heavy (non-hydrogen) atoms. The van der Waals surface area contributed by atoms with Gasteiger partial charge in [-0.1, -0.05) is 42.5 Å². The molecule has 0 spiro atoms. The fourth-order valence-electron chi connectivity index (χ4n) is 3.67. The largest absolute Gasteiger partial charge is 0.478 e. The Kier molecular flexibility index (Phi) is 5.93. The second-order valence-corrected chi connectivity index (χ2v) is 8.92. The van der Waals surface area contributed by atoms with Gasteiger partial charge in [-0.2, -0.15) is 0 Å². The van der Waals surface area contributed by atoms with Gasteiger partial charge in [0.1, 0.15) is 16.5 Å². The molecule has 0 saturated heterocycles. The lowest BCUT2D eigenvalue weighted by atomic mass is 10.1. The van der Waals surface area contributed by atoms with Crippen molar-refractivity contribution in [2.45, 2.75) is 13.0 Å². The van der Waals surface area contributed by atoms with Gasteiger partial charge in [-0.15, -0.1) is 11.3 Å². The summed E-state index contributed by atoms with van der Waals surface area (Å²) in [5.74, 6) is 0.300. The lowest BCUT2D eigenvalue weighted by molar-refractivity contribution is -0.120. The van der Waals surface area contributed by atoms with Gasteiger partial charge in [-0.3, -0.25) is 4.79 Å². The third-order valence-corrected chi connectivity index (χ3v) is 6.35. The first-order valence-electron chi connectivity index (χ1n) is 10.7. The van der Waals surface area contributed by atoms with Crippen LogP contribution in [0.2, 0.25) is 0 Å². The van der Waals surface area contributed by atoms with Gasteiger partial charge in [0.05, 0.1) is 22.2 Å². The number of carbonyl (C=O) groups is 2. The van der Waals surface area contributed by atoms with Crippen molar-refractivity contribution in [3.8, 4) is 11.5 Å². The second kappa shape index (κ2) is 9.33. The quantitative estimate of drug-likeness (QED) is 0.315. The Labute approximate surface area is 199 Å². The molecule has 4 aromatic carbocycles. The molecule has 5 aromatic rings. The molecule has 168 valence electrons. The van der Waals surface area contributed by atoms with Crippen LogP contribution in [0, 0.1) is 0 Å². The van der Waals surface area contributed by atoms with Crippen molar-refractivity contribution >= 4 is 44.2 Å². The molecule has 2 N–H and O–H groups in total. The fourth-order valence-corrected chi connectivity index (χ4v) is 4.67. The first-order chi connectivity index (χ1) is 16.5. The number of carbonyl (C=O) groups excluding carboxylic acids is 1. The molecule has 0 saturated carbocycles. The molecule has 0 atom stereocenters. The molecule has 0 aliphatic rings. The van der Waals surface area contributed by atoms with Crippen LogP contribution in [0.5, 0.6) is 11.5 Å². The van der Waals surface area contributed by atoms with E-state index in [-0.39, 0.29) is 24.4 Å². The molecule has 0 aliphatic carbocycles. The maximum absolute atomic E-state index is 12.4. The number of aromatic carboxylic acids is 1. The predicted octanol–water partition coefficient (Wildman–Crippen LogP) is 5.80. The Morgan fingerprint density at radius 3 is 2.53 bits per heavy atom. The molecule has 0 aliphatic heterocycles. The molecule has 0 fully saturated rings. The first kappa shape index (κ1) is 21.6. The van der Waals surface area contributed by atoms with Crippen molar-refractivity contribution in [1.29, 1.82) is 0 Å². The molecule has 0 bridgehead atoms. The summed E-state index contributed by atoms with van der Waals surface area (Å²) in [5, 5.41) is 14.9. The number of aromatic nitrogens is 1. The highest BCUT2D eigenvalue weighted by molar-refractivity contribution is 7.18. The number of fused-ring (bicyclic) bond motifs is 2. The molecular formula is C27H20N2O4S. The van der Waals surface area contributed by atoms with Crippen LogP contribution in [0.4, 0.5) is 0 Å². The van der Waals surface area contributed by atoms with Gasteiger partial charge in [0, 0.05) is 12.6 Å². The van der Waals surface area contributed by atoms with Crippen LogP contribution >= 0.6 is 11.3 Å². The molecule has 6 nitrogen and oxygen atoms in total. The first-order valence-corrected chi connectivity index (χ1v) is 11.5. The van der Waals surface area contributed by atoms with E-state index in [4.69, 9.17) is 9.84 Å². The van der Waals surface area contributed by atoms with Crippen LogP contribution in [0.15, 0.2) is 84.9 Å². The van der Waals surface area contributed by atoms with E-state index in [1.165, 1.54) is 17.4 Å². The van der Waals surface area contributed by atoms with E-state index in [2.05, 4.69) is 22.4 Å². The third-order valence-electron chi connectivity index (χ3n) is 5.34. The van der Waals surface area contributed by atoms with Crippen molar-refractivity contribution < 1.29 is 19.4 Å². The number of nitrogens with zero attached hydrogens (tertiary/aromatic N) is 1. The summed E-state index contributed by atoms with van der Waals surface area (Å²) in [6.07, 6.45) is 0.152. The number of carboxylic acid groups (broad SMARTS) is 1. The Balaban J connectivity index is 1.24. The fraction of sp³-hybridized carbons (Fsp3) is 0.0741. The van der Waals surface area contributed by atoms with Gasteiger partial charge < -0.3 is 15.2 Å². The SMILES string of the molecule is O=C(Cc1nc2ccc(Oc3ccc4ccccc4c3)cc2s1)NCc1cccc(C(=O)O)c1. The summed E-state index contributed by atoms with van der Waals surface area (Å²) in [7, 11) is 0. The van der Waals surface area contributed by atoms with E-state index in [1.54, 1.807) is 18.2 Å². The van der Waals surface area contributed by atoms with E-state index in [0.717, 1.165) is 32.3 Å². The molecular weight excluding hydrogens is 448 g/mol. The molecule has 7 heteroatoms. The zero-order valence-corrected chi connectivity index (χ0v) is 18.8. The van der Waals surface area contributed by atoms with Crippen molar-refractivity contribution in [3.05, 3.63) is 101 Å². The van der Waals surface area contributed by atoms with Crippen molar-refractivity contribution in [1.82, 2.24) is 10.3 Å². The molecule has 5 rings (SSSR count). The maximum atomic E-state index is 12.4. The molecule has 1 amide bonds. The average molecular weight is 469 g/mol. The Hall–Kier alpha value is -4.23. The van der Waals surface area contributed by atoms with E-state index in [9.17, 15) is 9.59 Å². The lowest BCUT2D eigenvalue weighted by Crippen LogP contribution is -2.24. The number of rotatable bonds is 7. The van der Waals surface area contributed by atoms with Gasteiger partial charge in [0.15, 0.2) is 0 Å². The van der Waals surface area contributed by atoms with Crippen LogP contribution in [0.1, 0.15) is 20.9 Å². The Morgan fingerprint density at radius 1 is 0.882 bits per heavy atom. The Bertz CT molecular complexity index is 1530. The number of carboxylic acids is 1.